The summed E-state index contributed by atoms with van der Waals surface area (Å²) in [6.45, 7) is 2.26. The number of halogens is 1. The smallest absolute Gasteiger partial charge is 0.300 e. The van der Waals surface area contributed by atoms with Gasteiger partial charge < -0.3 is 4.90 Å². The number of hydrogen-bond donors (Lipinski definition) is 0. The quantitative estimate of drug-likeness (QED) is 0.356. The second-order valence-electron chi connectivity index (χ2n) is 4.51. The molecule has 21 heavy (non-hydrogen) atoms. The van der Waals surface area contributed by atoms with Crippen LogP contribution in [-0.2, 0) is 0 Å². The predicted octanol–water partition coefficient (Wildman–Crippen LogP) is 0.925. The number of pyridine rings is 1. The Bertz CT molecular complexity index is 607. The fourth-order valence-corrected chi connectivity index (χ4v) is 2.28. The maximum Gasteiger partial charge on any atom is 0.300 e. The van der Waals surface area contributed by atoms with E-state index in [9.17, 15) is 14.9 Å². The standard InChI is InChI=1S/C12H12ClN5O3/c13-11-7-9(10(8-15-11)18(20)21)12(19)17-5-3-16(2-1-14)4-6-17/h7-8H,2-6H2. The Morgan fingerprint density at radius 2 is 2.14 bits per heavy atom. The predicted molar refractivity (Wildman–Crippen MR) is 73.9 cm³/mol. The monoisotopic (exact) mass is 309 g/mol. The molecule has 2 rings (SSSR count). The Balaban J connectivity index is 2.16. The van der Waals surface area contributed by atoms with Crippen LogP contribution in [0.1, 0.15) is 10.4 Å². The van der Waals surface area contributed by atoms with Gasteiger partial charge in [-0.05, 0) is 6.07 Å². The summed E-state index contributed by atoms with van der Waals surface area (Å²) in [5, 5.41) is 19.6. The van der Waals surface area contributed by atoms with Gasteiger partial charge in [0.15, 0.2) is 0 Å². The number of nitriles is 1. The van der Waals surface area contributed by atoms with Gasteiger partial charge in [-0.1, -0.05) is 11.6 Å². The summed E-state index contributed by atoms with van der Waals surface area (Å²) in [7, 11) is 0. The van der Waals surface area contributed by atoms with Gasteiger partial charge in [-0.2, -0.15) is 5.26 Å². The van der Waals surface area contributed by atoms with Gasteiger partial charge in [-0.3, -0.25) is 19.8 Å². The van der Waals surface area contributed by atoms with E-state index >= 15 is 0 Å². The fourth-order valence-electron chi connectivity index (χ4n) is 2.12. The van der Waals surface area contributed by atoms with Crippen LogP contribution in [-0.4, -0.2) is 58.3 Å². The van der Waals surface area contributed by atoms with Crippen LogP contribution >= 0.6 is 11.6 Å². The highest BCUT2D eigenvalue weighted by Crippen LogP contribution is 2.22. The molecule has 9 heteroatoms. The van der Waals surface area contributed by atoms with Crippen molar-refractivity contribution in [1.82, 2.24) is 14.8 Å². The molecule has 1 aromatic heterocycles. The highest BCUT2D eigenvalue weighted by Gasteiger charge is 2.28. The number of piperazine rings is 1. The molecular weight excluding hydrogens is 298 g/mol. The molecule has 1 aliphatic heterocycles. The molecule has 8 nitrogen and oxygen atoms in total. The number of amides is 1. The Kier molecular flexibility index (Phi) is 4.67. The maximum absolute atomic E-state index is 12.4. The lowest BCUT2D eigenvalue weighted by Crippen LogP contribution is -2.48. The van der Waals surface area contributed by atoms with Crippen LogP contribution in [0, 0.1) is 21.4 Å². The summed E-state index contributed by atoms with van der Waals surface area (Å²) in [5.41, 5.74) is -0.419. The molecule has 1 aliphatic rings. The molecule has 0 unspecified atom stereocenters. The van der Waals surface area contributed by atoms with Crippen LogP contribution in [0.3, 0.4) is 0 Å². The molecule has 0 aliphatic carbocycles. The lowest BCUT2D eigenvalue weighted by Gasteiger charge is -2.33. The van der Waals surface area contributed by atoms with E-state index in [0.29, 0.717) is 32.7 Å². The molecular formula is C12H12ClN5O3. The third-order valence-electron chi connectivity index (χ3n) is 3.23. The fraction of sp³-hybridized carbons (Fsp3) is 0.417. The first-order chi connectivity index (χ1) is 10.0. The first-order valence-electron chi connectivity index (χ1n) is 6.21. The first kappa shape index (κ1) is 15.2. The molecule has 1 saturated heterocycles. The van der Waals surface area contributed by atoms with Crippen molar-refractivity contribution in [3.63, 3.8) is 0 Å². The Morgan fingerprint density at radius 1 is 1.48 bits per heavy atom. The van der Waals surface area contributed by atoms with E-state index in [0.717, 1.165) is 6.20 Å². The van der Waals surface area contributed by atoms with Gasteiger partial charge in [-0.15, -0.1) is 0 Å². The molecule has 0 N–H and O–H groups in total. The van der Waals surface area contributed by atoms with Crippen molar-refractivity contribution in [2.45, 2.75) is 0 Å². The molecule has 0 spiro atoms. The van der Waals surface area contributed by atoms with Crippen LogP contribution in [0.5, 0.6) is 0 Å². The van der Waals surface area contributed by atoms with E-state index in [1.54, 1.807) is 0 Å². The summed E-state index contributed by atoms with van der Waals surface area (Å²) >= 11 is 5.72. The van der Waals surface area contributed by atoms with E-state index in [4.69, 9.17) is 16.9 Å². The van der Waals surface area contributed by atoms with E-state index in [-0.39, 0.29) is 16.4 Å². The van der Waals surface area contributed by atoms with Gasteiger partial charge in [0, 0.05) is 26.2 Å². The largest absolute Gasteiger partial charge is 0.336 e. The number of nitrogens with zero attached hydrogens (tertiary/aromatic N) is 5. The van der Waals surface area contributed by atoms with Crippen LogP contribution in [0.4, 0.5) is 5.69 Å². The molecule has 0 radical (unpaired) electrons. The molecule has 1 amide bonds. The SMILES string of the molecule is N#CCN1CCN(C(=O)c2cc(Cl)ncc2[N+](=O)[O-])CC1. The van der Waals surface area contributed by atoms with Crippen molar-refractivity contribution in [2.75, 3.05) is 32.7 Å². The minimum Gasteiger partial charge on any atom is -0.336 e. The molecule has 0 aromatic carbocycles. The summed E-state index contributed by atoms with van der Waals surface area (Å²) in [5.74, 6) is -0.442. The van der Waals surface area contributed by atoms with Crippen LogP contribution < -0.4 is 0 Å². The minimum absolute atomic E-state index is 0.0343. The number of carbonyl (C=O) groups excluding carboxylic acids is 1. The zero-order chi connectivity index (χ0) is 15.4. The number of nitro groups is 1. The van der Waals surface area contributed by atoms with Crippen LogP contribution in [0.25, 0.3) is 0 Å². The van der Waals surface area contributed by atoms with Gasteiger partial charge in [0.25, 0.3) is 11.6 Å². The summed E-state index contributed by atoms with van der Waals surface area (Å²) in [6, 6.07) is 3.26. The van der Waals surface area contributed by atoms with Crippen molar-refractivity contribution in [3.05, 3.63) is 33.1 Å². The average Bonchev–Trinajstić information content (AvgIpc) is 2.47. The van der Waals surface area contributed by atoms with Crippen molar-refractivity contribution in [2.24, 2.45) is 0 Å². The topological polar surface area (TPSA) is 103 Å². The molecule has 0 bridgehead atoms. The highest BCUT2D eigenvalue weighted by atomic mass is 35.5. The average molecular weight is 310 g/mol. The molecule has 110 valence electrons. The Labute approximate surface area is 125 Å². The van der Waals surface area contributed by atoms with Crippen LogP contribution in [0.2, 0.25) is 5.15 Å². The van der Waals surface area contributed by atoms with Gasteiger partial charge in [0.05, 0.1) is 17.5 Å². The summed E-state index contributed by atoms with van der Waals surface area (Å²) in [6.07, 6.45) is 0.988. The molecule has 0 atom stereocenters. The van der Waals surface area contributed by atoms with E-state index in [2.05, 4.69) is 11.1 Å². The van der Waals surface area contributed by atoms with Crippen molar-refractivity contribution in [3.8, 4) is 6.07 Å². The van der Waals surface area contributed by atoms with Crippen LogP contribution in [0.15, 0.2) is 12.3 Å². The molecule has 2 heterocycles. The lowest BCUT2D eigenvalue weighted by molar-refractivity contribution is -0.385. The zero-order valence-electron chi connectivity index (χ0n) is 11.0. The van der Waals surface area contributed by atoms with Crippen molar-refractivity contribution < 1.29 is 9.72 Å². The third kappa shape index (κ3) is 3.45. The van der Waals surface area contributed by atoms with Crippen molar-refractivity contribution >= 4 is 23.2 Å². The molecule has 0 saturated carbocycles. The number of rotatable bonds is 3. The van der Waals surface area contributed by atoms with Gasteiger partial charge in [0.2, 0.25) is 0 Å². The minimum atomic E-state index is -0.650. The summed E-state index contributed by atoms with van der Waals surface area (Å²) < 4.78 is 0. The van der Waals surface area contributed by atoms with Gasteiger partial charge >= 0.3 is 0 Å². The normalized spacial score (nSPS) is 15.5. The first-order valence-corrected chi connectivity index (χ1v) is 6.59. The highest BCUT2D eigenvalue weighted by molar-refractivity contribution is 6.29. The number of carbonyl (C=O) groups is 1. The van der Waals surface area contributed by atoms with Gasteiger partial charge in [-0.25, -0.2) is 4.98 Å². The number of hydrogen-bond acceptors (Lipinski definition) is 6. The zero-order valence-corrected chi connectivity index (χ0v) is 11.8. The second-order valence-corrected chi connectivity index (χ2v) is 4.89. The van der Waals surface area contributed by atoms with E-state index in [1.807, 2.05) is 4.90 Å². The van der Waals surface area contributed by atoms with Crippen molar-refractivity contribution in [1.29, 1.82) is 5.26 Å². The van der Waals surface area contributed by atoms with E-state index in [1.165, 1.54) is 11.0 Å². The Morgan fingerprint density at radius 3 is 2.71 bits per heavy atom. The third-order valence-corrected chi connectivity index (χ3v) is 3.44. The molecule has 1 aromatic rings. The number of aromatic nitrogens is 1. The summed E-state index contributed by atoms with van der Waals surface area (Å²) in [4.78, 5) is 29.8. The maximum atomic E-state index is 12.4. The van der Waals surface area contributed by atoms with E-state index < -0.39 is 10.8 Å². The molecule has 1 fully saturated rings. The second kappa shape index (κ2) is 6.47. The Hall–Kier alpha value is -2.24. The lowest BCUT2D eigenvalue weighted by atomic mass is 10.2. The van der Waals surface area contributed by atoms with Gasteiger partial charge in [0.1, 0.15) is 16.9 Å².